The SMILES string of the molecule is CO[C@H]1C(O)[C@@H](COP(=O)([O-])OP([O-])(=S)OP(=O)([O-])OC[C@H]2O[C@@H](n3cnc4c(=O)[nH]c(C)nc43)[C@@H](O)C2O)O[C@H]1[n+]1cn(C)c2c(=O)[nH]c(N)nc21. The summed E-state index contributed by atoms with van der Waals surface area (Å²) in [7, 11) is -8.84. The van der Waals surface area contributed by atoms with Crippen molar-refractivity contribution in [3.63, 3.8) is 0 Å². The highest BCUT2D eigenvalue weighted by atomic mass is 32.5. The number of nitrogens with two attached hydrogens (primary N) is 1. The van der Waals surface area contributed by atoms with Crippen LogP contribution in [0.25, 0.3) is 22.3 Å². The number of imidazole rings is 2. The Morgan fingerprint density at radius 2 is 1.62 bits per heavy atom. The first-order valence-electron chi connectivity index (χ1n) is 14.9. The molecule has 0 aliphatic carbocycles. The van der Waals surface area contributed by atoms with Gasteiger partial charge in [0.2, 0.25) is 11.7 Å². The molecule has 2 aliphatic rings. The second-order valence-corrected chi connectivity index (χ2v) is 17.5. The molecule has 4 aromatic rings. The summed E-state index contributed by atoms with van der Waals surface area (Å²) in [6, 6.07) is 0. The van der Waals surface area contributed by atoms with E-state index in [4.69, 9.17) is 19.9 Å². The quantitative estimate of drug-likeness (QED) is 0.0543. The minimum Gasteiger partial charge on any atom is -0.779 e. The number of ether oxygens (including phenoxy) is 3. The first kappa shape index (κ1) is 39.8. The molecule has 0 radical (unpaired) electrons. The van der Waals surface area contributed by atoms with Gasteiger partial charge in [-0.2, -0.15) is 0 Å². The highest BCUT2D eigenvalue weighted by molar-refractivity contribution is 8.09. The van der Waals surface area contributed by atoms with Crippen molar-refractivity contribution in [1.29, 1.82) is 0 Å². The van der Waals surface area contributed by atoms with Crippen molar-refractivity contribution < 1.29 is 75.6 Å². The van der Waals surface area contributed by atoms with Crippen LogP contribution in [-0.4, -0.2) is 106 Å². The van der Waals surface area contributed by atoms with Gasteiger partial charge < -0.3 is 64.0 Å². The lowest BCUT2D eigenvalue weighted by molar-refractivity contribution is -0.746. The number of phosphoric acid groups is 2. The number of phosphoric ester groups is 2. The average molecular weight is 830 g/mol. The molecular weight excluding hydrogens is 799 g/mol. The molecule has 53 heavy (non-hydrogen) atoms. The Morgan fingerprint density at radius 1 is 1.00 bits per heavy atom. The van der Waals surface area contributed by atoms with Crippen LogP contribution in [0.1, 0.15) is 18.3 Å². The third-order valence-electron chi connectivity index (χ3n) is 8.00. The van der Waals surface area contributed by atoms with Crippen LogP contribution in [0.5, 0.6) is 0 Å². The van der Waals surface area contributed by atoms with E-state index < -0.39 is 95.8 Å². The molecular formula is C23H30N9O17P3S-2. The molecule has 0 amide bonds. The number of fused-ring (bicyclic) bond motifs is 2. The van der Waals surface area contributed by atoms with Crippen LogP contribution in [-0.2, 0) is 59.9 Å². The van der Waals surface area contributed by atoms with E-state index in [1.54, 1.807) is 0 Å². The van der Waals surface area contributed by atoms with Crippen LogP contribution in [0.2, 0.25) is 0 Å². The molecule has 2 fully saturated rings. The van der Waals surface area contributed by atoms with Crippen LogP contribution >= 0.6 is 22.4 Å². The number of nitrogens with zero attached hydrogens (tertiary/aromatic N) is 6. The zero-order chi connectivity index (χ0) is 38.8. The molecule has 30 heteroatoms. The summed E-state index contributed by atoms with van der Waals surface area (Å²) >= 11 is 4.42. The number of nitrogen functional groups attached to an aromatic ring is 1. The number of aliphatic hydroxyl groups is 3. The Balaban J connectivity index is 1.06. The second-order valence-electron chi connectivity index (χ2n) is 11.6. The predicted octanol–water partition coefficient (Wildman–Crippen LogP) is -4.95. The molecule has 2 saturated heterocycles. The van der Waals surface area contributed by atoms with Gasteiger partial charge in [-0.3, -0.25) is 41.5 Å². The summed E-state index contributed by atoms with van der Waals surface area (Å²) in [5.41, 5.74) is 4.47. The van der Waals surface area contributed by atoms with E-state index in [2.05, 4.69) is 54.4 Å². The smallest absolute Gasteiger partial charge is 0.313 e. The maximum absolute atomic E-state index is 12.7. The van der Waals surface area contributed by atoms with Crippen molar-refractivity contribution in [2.24, 2.45) is 7.05 Å². The maximum Gasteiger partial charge on any atom is 0.313 e. The lowest BCUT2D eigenvalue weighted by Gasteiger charge is -2.37. The van der Waals surface area contributed by atoms with E-state index in [0.717, 1.165) is 10.9 Å². The Labute approximate surface area is 300 Å². The largest absolute Gasteiger partial charge is 0.779 e. The zero-order valence-corrected chi connectivity index (χ0v) is 30.8. The van der Waals surface area contributed by atoms with Crippen molar-refractivity contribution in [2.75, 3.05) is 26.1 Å². The number of aromatic nitrogens is 8. The molecule has 0 aromatic carbocycles. The molecule has 292 valence electrons. The number of nitrogens with one attached hydrogen (secondary N) is 2. The fourth-order valence-corrected chi connectivity index (χ4v) is 10.6. The standard InChI is InChI=1S/C23H32N9O17P3S/c1-8-26-17-11(19(36)27-8)25-6-31(17)21-15(35)13(33)9(46-21)4-44-50(38,39)48-52(42,53)49-51(40,41)45-5-10-14(34)16(43-3)22(47-10)32-7-30(2)12-18(32)28-23(24)29-20(12)37/h6-7,9-10,13-16,21-22,33-35H,4-5H2,1-3H3,(H6-,24,26,27,28,29,36,37,38,39,40,41,42,53)/p-2/t9-,10-,13?,14?,15+,16+,21-,22-,52?/m1/s1. The number of aliphatic hydroxyl groups excluding tert-OH is 3. The van der Waals surface area contributed by atoms with Crippen LogP contribution in [0.3, 0.4) is 0 Å². The second kappa shape index (κ2) is 14.6. The molecule has 2 aliphatic heterocycles. The predicted molar refractivity (Wildman–Crippen MR) is 169 cm³/mol. The minimum absolute atomic E-state index is 0.0212. The number of hydrogen-bond acceptors (Lipinski definition) is 22. The summed E-state index contributed by atoms with van der Waals surface area (Å²) in [6.07, 6.45) is -9.48. The Bertz CT molecular complexity index is 2300. The fourth-order valence-electron chi connectivity index (χ4n) is 5.75. The molecule has 0 bridgehead atoms. The van der Waals surface area contributed by atoms with Gasteiger partial charge in [0.05, 0.1) is 26.6 Å². The molecule has 0 spiro atoms. The van der Waals surface area contributed by atoms with Gasteiger partial charge in [0, 0.05) is 7.11 Å². The van der Waals surface area contributed by atoms with Crippen molar-refractivity contribution >= 4 is 62.4 Å². The third-order valence-corrected chi connectivity index (χ3v) is 13.3. The highest BCUT2D eigenvalue weighted by Gasteiger charge is 2.49. The summed E-state index contributed by atoms with van der Waals surface area (Å²) in [5, 5.41) is 31.9. The topological polar surface area (TPSA) is 373 Å². The van der Waals surface area contributed by atoms with Gasteiger partial charge in [0.15, 0.2) is 23.7 Å². The van der Waals surface area contributed by atoms with E-state index in [-0.39, 0.29) is 34.1 Å². The third kappa shape index (κ3) is 8.08. The molecule has 6 heterocycles. The molecule has 26 nitrogen and oxygen atoms in total. The van der Waals surface area contributed by atoms with Crippen LogP contribution in [0, 0.1) is 6.92 Å². The Kier molecular flexibility index (Phi) is 11.0. The van der Waals surface area contributed by atoms with E-state index in [1.165, 1.54) is 36.5 Å². The number of methoxy groups -OCH3 is 1. The number of hydrogen-bond donors (Lipinski definition) is 6. The van der Waals surface area contributed by atoms with Gasteiger partial charge >= 0.3 is 5.65 Å². The fraction of sp³-hybridized carbons (Fsp3) is 0.565. The van der Waals surface area contributed by atoms with Crippen molar-refractivity contribution in [3.05, 3.63) is 39.2 Å². The average Bonchev–Trinajstić information content (AvgIpc) is 3.77. The monoisotopic (exact) mass is 829 g/mol. The number of rotatable bonds is 13. The zero-order valence-electron chi connectivity index (χ0n) is 27.3. The first-order valence-corrected chi connectivity index (χ1v) is 20.4. The number of aromatic amines is 2. The normalized spacial score (nSPS) is 29.8. The van der Waals surface area contributed by atoms with Crippen molar-refractivity contribution in [2.45, 2.75) is 56.0 Å². The maximum atomic E-state index is 12.7. The molecule has 0 saturated carbocycles. The summed E-state index contributed by atoms with van der Waals surface area (Å²) in [4.78, 5) is 79.2. The van der Waals surface area contributed by atoms with Crippen molar-refractivity contribution in [3.8, 4) is 0 Å². The summed E-state index contributed by atoms with van der Waals surface area (Å²) in [6.45, 7) is -6.10. The van der Waals surface area contributed by atoms with Gasteiger partial charge in [-0.05, 0) is 6.92 Å². The van der Waals surface area contributed by atoms with E-state index in [1.807, 2.05) is 0 Å². The number of H-pyrrole nitrogens is 2. The Morgan fingerprint density at radius 3 is 2.25 bits per heavy atom. The van der Waals surface area contributed by atoms with E-state index >= 15 is 0 Å². The van der Waals surface area contributed by atoms with Crippen LogP contribution < -0.4 is 36.1 Å². The van der Waals surface area contributed by atoms with E-state index in [9.17, 15) is 48.7 Å². The van der Waals surface area contributed by atoms with Crippen LogP contribution in [0.4, 0.5) is 5.95 Å². The van der Waals surface area contributed by atoms with Gasteiger partial charge in [-0.25, -0.2) is 14.5 Å². The van der Waals surface area contributed by atoms with Gasteiger partial charge in [0.25, 0.3) is 32.7 Å². The Hall–Kier alpha value is -2.91. The first-order chi connectivity index (χ1) is 24.7. The van der Waals surface area contributed by atoms with Gasteiger partial charge in [-0.15, -0.1) is 0 Å². The number of anilines is 1. The lowest BCUT2D eigenvalue weighted by atomic mass is 10.1. The lowest BCUT2D eigenvalue weighted by Crippen LogP contribution is -2.47. The summed E-state index contributed by atoms with van der Waals surface area (Å²) in [5.74, 6) is -0.0328. The minimum atomic E-state index is -5.79. The molecule has 6 rings (SSSR count). The van der Waals surface area contributed by atoms with Crippen LogP contribution in [0.15, 0.2) is 22.2 Å². The van der Waals surface area contributed by atoms with Gasteiger partial charge in [0.1, 0.15) is 49.2 Å². The molecule has 5 unspecified atom stereocenters. The van der Waals surface area contributed by atoms with Gasteiger partial charge in [-0.1, -0.05) is 16.8 Å². The summed E-state index contributed by atoms with van der Waals surface area (Å²) < 4.78 is 63.1. The van der Waals surface area contributed by atoms with E-state index in [0.29, 0.717) is 0 Å². The number of aryl methyl sites for hydroxylation is 2. The highest BCUT2D eigenvalue weighted by Crippen LogP contribution is 2.63. The molecule has 7 N–H and O–H groups in total. The molecule has 4 aromatic heterocycles. The van der Waals surface area contributed by atoms with Crippen molar-refractivity contribution in [1.82, 2.24) is 34.1 Å². The molecule has 11 atom stereocenters.